The fraction of sp³-hybridized carbons (Fsp3) is 0.467. The SMILES string of the molecule is CSCC[C@H](N)C(=O)Oc1ccc(C[C@@H](C)N)c(C(=O)O)c1. The molecule has 1 rings (SSSR count). The number of ether oxygens (including phenoxy) is 1. The van der Waals surface area contributed by atoms with Crippen molar-refractivity contribution in [2.75, 3.05) is 12.0 Å². The van der Waals surface area contributed by atoms with E-state index in [-0.39, 0.29) is 17.4 Å². The van der Waals surface area contributed by atoms with E-state index >= 15 is 0 Å². The number of hydrogen-bond acceptors (Lipinski definition) is 6. The molecule has 6 nitrogen and oxygen atoms in total. The molecule has 22 heavy (non-hydrogen) atoms. The highest BCUT2D eigenvalue weighted by Gasteiger charge is 2.18. The van der Waals surface area contributed by atoms with Gasteiger partial charge in [0.05, 0.1) is 5.56 Å². The second-order valence-electron chi connectivity index (χ2n) is 5.11. The molecule has 0 aromatic heterocycles. The van der Waals surface area contributed by atoms with Crippen LogP contribution in [0.2, 0.25) is 0 Å². The fourth-order valence-corrected chi connectivity index (χ4v) is 2.39. The van der Waals surface area contributed by atoms with Crippen molar-refractivity contribution in [3.8, 4) is 5.75 Å². The van der Waals surface area contributed by atoms with Crippen LogP contribution < -0.4 is 16.2 Å². The topological polar surface area (TPSA) is 116 Å². The Morgan fingerprint density at radius 3 is 2.59 bits per heavy atom. The van der Waals surface area contributed by atoms with Crippen LogP contribution in [0.5, 0.6) is 5.75 Å². The molecule has 1 aromatic carbocycles. The van der Waals surface area contributed by atoms with E-state index in [4.69, 9.17) is 16.2 Å². The molecule has 0 heterocycles. The molecule has 0 saturated heterocycles. The number of carboxylic acids is 1. The number of thioether (sulfide) groups is 1. The minimum absolute atomic E-state index is 0.0836. The van der Waals surface area contributed by atoms with Crippen molar-refractivity contribution in [3.63, 3.8) is 0 Å². The van der Waals surface area contributed by atoms with Crippen molar-refractivity contribution in [3.05, 3.63) is 29.3 Å². The Kier molecular flexibility index (Phi) is 7.37. The summed E-state index contributed by atoms with van der Waals surface area (Å²) in [5.41, 5.74) is 12.1. The van der Waals surface area contributed by atoms with Crippen molar-refractivity contribution in [2.24, 2.45) is 11.5 Å². The molecule has 0 amide bonds. The van der Waals surface area contributed by atoms with Gasteiger partial charge in [0.25, 0.3) is 0 Å². The molecule has 122 valence electrons. The molecule has 0 fully saturated rings. The molecule has 0 radical (unpaired) electrons. The van der Waals surface area contributed by atoms with E-state index in [1.807, 2.05) is 6.26 Å². The molecule has 0 spiro atoms. The van der Waals surface area contributed by atoms with Gasteiger partial charge in [0.15, 0.2) is 0 Å². The summed E-state index contributed by atoms with van der Waals surface area (Å²) in [6.07, 6.45) is 2.87. The maximum Gasteiger partial charge on any atom is 0.336 e. The molecular weight excluding hydrogens is 304 g/mol. The van der Waals surface area contributed by atoms with Gasteiger partial charge in [0.2, 0.25) is 0 Å². The lowest BCUT2D eigenvalue weighted by molar-refractivity contribution is -0.135. The van der Waals surface area contributed by atoms with Crippen molar-refractivity contribution in [1.82, 2.24) is 0 Å². The first kappa shape index (κ1) is 18.5. The average Bonchev–Trinajstić information content (AvgIpc) is 2.45. The molecule has 0 bridgehead atoms. The fourth-order valence-electron chi connectivity index (χ4n) is 1.90. The Hall–Kier alpha value is -1.57. The summed E-state index contributed by atoms with van der Waals surface area (Å²) in [7, 11) is 0. The summed E-state index contributed by atoms with van der Waals surface area (Å²) in [6, 6.07) is 3.63. The number of aromatic carboxylic acids is 1. The molecule has 0 unspecified atom stereocenters. The first-order valence-corrected chi connectivity index (χ1v) is 8.32. The van der Waals surface area contributed by atoms with Crippen LogP contribution in [-0.4, -0.2) is 41.1 Å². The van der Waals surface area contributed by atoms with E-state index in [9.17, 15) is 14.7 Å². The molecule has 0 aliphatic rings. The van der Waals surface area contributed by atoms with Crippen molar-refractivity contribution in [2.45, 2.75) is 31.8 Å². The van der Waals surface area contributed by atoms with Crippen molar-refractivity contribution in [1.29, 1.82) is 0 Å². The van der Waals surface area contributed by atoms with Crippen LogP contribution in [0.3, 0.4) is 0 Å². The predicted molar refractivity (Wildman–Crippen MR) is 87.4 cm³/mol. The lowest BCUT2D eigenvalue weighted by Gasteiger charge is -2.13. The Morgan fingerprint density at radius 2 is 2.05 bits per heavy atom. The molecule has 5 N–H and O–H groups in total. The van der Waals surface area contributed by atoms with E-state index in [0.717, 1.165) is 5.75 Å². The smallest absolute Gasteiger partial charge is 0.336 e. The highest BCUT2D eigenvalue weighted by atomic mass is 32.2. The van der Waals surface area contributed by atoms with Crippen molar-refractivity contribution < 1.29 is 19.4 Å². The zero-order valence-corrected chi connectivity index (χ0v) is 13.6. The normalized spacial score (nSPS) is 13.5. The summed E-state index contributed by atoms with van der Waals surface area (Å²) in [4.78, 5) is 23.1. The lowest BCUT2D eigenvalue weighted by atomic mass is 10.0. The third-order valence-electron chi connectivity index (χ3n) is 3.01. The zero-order valence-electron chi connectivity index (χ0n) is 12.7. The number of carbonyl (C=O) groups excluding carboxylic acids is 1. The van der Waals surface area contributed by atoms with Gasteiger partial charge in [-0.2, -0.15) is 11.8 Å². The van der Waals surface area contributed by atoms with Crippen LogP contribution in [-0.2, 0) is 11.2 Å². The number of nitrogens with two attached hydrogens (primary N) is 2. The first-order chi connectivity index (χ1) is 10.3. The molecule has 0 saturated carbocycles. The van der Waals surface area contributed by atoms with E-state index in [1.165, 1.54) is 6.07 Å². The quantitative estimate of drug-likeness (QED) is 0.486. The van der Waals surface area contributed by atoms with Gasteiger partial charge in [-0.05, 0) is 49.5 Å². The molecular formula is C15H22N2O4S. The Morgan fingerprint density at radius 1 is 1.36 bits per heavy atom. The third-order valence-corrected chi connectivity index (χ3v) is 3.65. The van der Waals surface area contributed by atoms with Gasteiger partial charge in [-0.1, -0.05) is 6.07 Å². The number of benzene rings is 1. The second kappa shape index (κ2) is 8.77. The number of rotatable bonds is 8. The first-order valence-electron chi connectivity index (χ1n) is 6.93. The van der Waals surface area contributed by atoms with Crippen LogP contribution in [0.15, 0.2) is 18.2 Å². The van der Waals surface area contributed by atoms with Gasteiger partial charge in [0, 0.05) is 6.04 Å². The highest BCUT2D eigenvalue weighted by Crippen LogP contribution is 2.20. The van der Waals surface area contributed by atoms with Crippen LogP contribution in [0.1, 0.15) is 29.3 Å². The minimum atomic E-state index is -1.08. The number of hydrogen-bond donors (Lipinski definition) is 3. The van der Waals surface area contributed by atoms with E-state index in [0.29, 0.717) is 18.4 Å². The summed E-state index contributed by atoms with van der Waals surface area (Å²) < 4.78 is 5.16. The maximum absolute atomic E-state index is 11.8. The molecule has 2 atom stereocenters. The van der Waals surface area contributed by atoms with Crippen LogP contribution >= 0.6 is 11.8 Å². The van der Waals surface area contributed by atoms with E-state index in [1.54, 1.807) is 30.8 Å². The molecule has 0 aliphatic carbocycles. The number of carboxylic acid groups (broad SMARTS) is 1. The van der Waals surface area contributed by atoms with E-state index in [2.05, 4.69) is 0 Å². The maximum atomic E-state index is 11.8. The summed E-state index contributed by atoms with van der Waals surface area (Å²) in [5, 5.41) is 9.25. The predicted octanol–water partition coefficient (Wildman–Crippen LogP) is 1.26. The van der Waals surface area contributed by atoms with Gasteiger partial charge >= 0.3 is 11.9 Å². The van der Waals surface area contributed by atoms with E-state index < -0.39 is 18.0 Å². The average molecular weight is 326 g/mol. The monoisotopic (exact) mass is 326 g/mol. The minimum Gasteiger partial charge on any atom is -0.478 e. The molecule has 7 heteroatoms. The van der Waals surface area contributed by atoms with Crippen LogP contribution in [0.25, 0.3) is 0 Å². The number of esters is 1. The highest BCUT2D eigenvalue weighted by molar-refractivity contribution is 7.98. The van der Waals surface area contributed by atoms with Crippen molar-refractivity contribution >= 4 is 23.7 Å². The van der Waals surface area contributed by atoms with Gasteiger partial charge in [-0.15, -0.1) is 0 Å². The summed E-state index contributed by atoms with van der Waals surface area (Å²) >= 11 is 1.59. The molecule has 1 aromatic rings. The Bertz CT molecular complexity index is 534. The third kappa shape index (κ3) is 5.67. The van der Waals surface area contributed by atoms with Gasteiger partial charge in [-0.25, -0.2) is 9.59 Å². The lowest BCUT2D eigenvalue weighted by Crippen LogP contribution is -2.34. The van der Waals surface area contributed by atoms with Gasteiger partial charge in [-0.3, -0.25) is 0 Å². The second-order valence-corrected chi connectivity index (χ2v) is 6.10. The van der Waals surface area contributed by atoms with Crippen LogP contribution in [0, 0.1) is 0 Å². The van der Waals surface area contributed by atoms with Gasteiger partial charge < -0.3 is 21.3 Å². The summed E-state index contributed by atoms with van der Waals surface area (Å²) in [6.45, 7) is 1.80. The summed E-state index contributed by atoms with van der Waals surface area (Å²) in [5.74, 6) is -0.717. The van der Waals surface area contributed by atoms with Crippen LogP contribution in [0.4, 0.5) is 0 Å². The van der Waals surface area contributed by atoms with Gasteiger partial charge in [0.1, 0.15) is 11.8 Å². The Balaban J connectivity index is 2.86. The Labute approximate surface area is 134 Å². The number of carbonyl (C=O) groups is 2. The molecule has 0 aliphatic heterocycles. The largest absolute Gasteiger partial charge is 0.478 e. The zero-order chi connectivity index (χ0) is 16.7. The standard InChI is InChI=1S/C15H22N2O4S/c1-9(16)7-10-3-4-11(8-12(10)14(18)19)21-15(20)13(17)5-6-22-2/h3-4,8-9,13H,5-7,16-17H2,1-2H3,(H,18,19)/t9-,13+/m1/s1.